The minimum Gasteiger partial charge on any atom is -0.472 e. The van der Waals surface area contributed by atoms with Gasteiger partial charge in [-0.25, -0.2) is 0 Å². The van der Waals surface area contributed by atoms with Gasteiger partial charge in [0.2, 0.25) is 0 Å². The third-order valence-electron chi connectivity index (χ3n) is 2.52. The van der Waals surface area contributed by atoms with Crippen molar-refractivity contribution in [2.45, 2.75) is 33.2 Å². The highest BCUT2D eigenvalue weighted by Crippen LogP contribution is 2.12. The molecule has 1 heterocycles. The lowest BCUT2D eigenvalue weighted by Crippen LogP contribution is -2.32. The summed E-state index contributed by atoms with van der Waals surface area (Å²) in [6.07, 6.45) is 4.65. The predicted molar refractivity (Wildman–Crippen MR) is 54.7 cm³/mol. The molecule has 1 N–H and O–H groups in total. The maximum atomic E-state index is 5.03. The highest BCUT2D eigenvalue weighted by molar-refractivity contribution is 5.06. The lowest BCUT2D eigenvalue weighted by molar-refractivity contribution is 0.405. The molecule has 0 aliphatic carbocycles. The zero-order valence-electron chi connectivity index (χ0n) is 8.71. The van der Waals surface area contributed by atoms with Gasteiger partial charge in [0.1, 0.15) is 0 Å². The van der Waals surface area contributed by atoms with E-state index in [-0.39, 0.29) is 0 Å². The quantitative estimate of drug-likeness (QED) is 0.754. The van der Waals surface area contributed by atoms with Gasteiger partial charge >= 0.3 is 0 Å². The molecule has 0 aromatic carbocycles. The van der Waals surface area contributed by atoms with Gasteiger partial charge < -0.3 is 9.73 Å². The lowest BCUT2D eigenvalue weighted by atomic mass is 9.96. The summed E-state index contributed by atoms with van der Waals surface area (Å²) in [7, 11) is 0. The second kappa shape index (κ2) is 5.07. The average Bonchev–Trinajstić information content (AvgIpc) is 2.57. The van der Waals surface area contributed by atoms with Crippen LogP contribution in [0.1, 0.15) is 26.3 Å². The Hall–Kier alpha value is -0.760. The molecule has 0 bridgehead atoms. The number of hydrogen-bond donors (Lipinski definition) is 1. The van der Waals surface area contributed by atoms with Crippen LogP contribution in [0.5, 0.6) is 0 Å². The van der Waals surface area contributed by atoms with Crippen molar-refractivity contribution in [3.63, 3.8) is 0 Å². The molecule has 1 aromatic rings. The van der Waals surface area contributed by atoms with Gasteiger partial charge in [-0.15, -0.1) is 0 Å². The molecule has 13 heavy (non-hydrogen) atoms. The second-order valence-corrected chi connectivity index (χ2v) is 3.66. The van der Waals surface area contributed by atoms with Crippen LogP contribution in [0.2, 0.25) is 0 Å². The first-order valence-corrected chi connectivity index (χ1v) is 4.98. The standard InChI is InChI=1S/C11H19NO/c1-4-12-10(3)9(2)7-11-5-6-13-8-11/h5-6,8-10,12H,4,7H2,1-3H3. The summed E-state index contributed by atoms with van der Waals surface area (Å²) in [4.78, 5) is 0. The molecular weight excluding hydrogens is 162 g/mol. The zero-order valence-corrected chi connectivity index (χ0v) is 8.71. The van der Waals surface area contributed by atoms with Crippen LogP contribution < -0.4 is 5.32 Å². The van der Waals surface area contributed by atoms with Gasteiger partial charge in [0.25, 0.3) is 0 Å². The van der Waals surface area contributed by atoms with E-state index in [2.05, 4.69) is 26.1 Å². The second-order valence-electron chi connectivity index (χ2n) is 3.66. The Morgan fingerprint density at radius 2 is 2.23 bits per heavy atom. The lowest BCUT2D eigenvalue weighted by Gasteiger charge is -2.19. The molecule has 0 aliphatic rings. The van der Waals surface area contributed by atoms with Crippen molar-refractivity contribution in [1.29, 1.82) is 0 Å². The van der Waals surface area contributed by atoms with Crippen molar-refractivity contribution in [2.24, 2.45) is 5.92 Å². The van der Waals surface area contributed by atoms with E-state index in [1.54, 1.807) is 6.26 Å². The fraction of sp³-hybridized carbons (Fsp3) is 0.636. The molecular formula is C11H19NO. The SMILES string of the molecule is CCNC(C)C(C)Cc1ccoc1. The topological polar surface area (TPSA) is 25.2 Å². The van der Waals surface area contributed by atoms with Crippen molar-refractivity contribution in [3.05, 3.63) is 24.2 Å². The molecule has 2 nitrogen and oxygen atoms in total. The minimum atomic E-state index is 0.569. The van der Waals surface area contributed by atoms with E-state index in [4.69, 9.17) is 4.42 Å². The summed E-state index contributed by atoms with van der Waals surface area (Å²) in [6.45, 7) is 7.67. The van der Waals surface area contributed by atoms with Crippen LogP contribution in [0.15, 0.2) is 23.0 Å². The Balaban J connectivity index is 2.36. The first-order valence-electron chi connectivity index (χ1n) is 4.98. The van der Waals surface area contributed by atoms with Crippen LogP contribution in [0.3, 0.4) is 0 Å². The van der Waals surface area contributed by atoms with E-state index >= 15 is 0 Å². The van der Waals surface area contributed by atoms with E-state index < -0.39 is 0 Å². The molecule has 2 atom stereocenters. The molecule has 0 saturated heterocycles. The van der Waals surface area contributed by atoms with Crippen molar-refractivity contribution in [1.82, 2.24) is 5.32 Å². The van der Waals surface area contributed by atoms with Gasteiger partial charge in [-0.05, 0) is 37.4 Å². The van der Waals surface area contributed by atoms with Gasteiger partial charge in [0, 0.05) is 6.04 Å². The molecule has 74 valence electrons. The van der Waals surface area contributed by atoms with Crippen molar-refractivity contribution in [2.75, 3.05) is 6.54 Å². The molecule has 1 aromatic heterocycles. The number of rotatable bonds is 5. The van der Waals surface area contributed by atoms with Crippen LogP contribution in [-0.4, -0.2) is 12.6 Å². The van der Waals surface area contributed by atoms with Crippen molar-refractivity contribution in [3.8, 4) is 0 Å². The fourth-order valence-electron chi connectivity index (χ4n) is 1.48. The molecule has 2 unspecified atom stereocenters. The van der Waals surface area contributed by atoms with Gasteiger partial charge in [0.15, 0.2) is 0 Å². The predicted octanol–water partition coefficient (Wildman–Crippen LogP) is 2.46. The molecule has 0 saturated carbocycles. The van der Waals surface area contributed by atoms with E-state index in [1.165, 1.54) is 5.56 Å². The summed E-state index contributed by atoms with van der Waals surface area (Å²) in [5.41, 5.74) is 1.29. The van der Waals surface area contributed by atoms with Crippen LogP contribution in [0.25, 0.3) is 0 Å². The Bertz CT molecular complexity index is 218. The molecule has 0 radical (unpaired) electrons. The third kappa shape index (κ3) is 3.23. The first-order chi connectivity index (χ1) is 6.24. The largest absolute Gasteiger partial charge is 0.472 e. The Morgan fingerprint density at radius 3 is 2.77 bits per heavy atom. The first kappa shape index (κ1) is 10.3. The van der Waals surface area contributed by atoms with Crippen molar-refractivity contribution < 1.29 is 4.42 Å². The van der Waals surface area contributed by atoms with E-state index in [0.29, 0.717) is 12.0 Å². The summed E-state index contributed by atoms with van der Waals surface area (Å²) in [5, 5.41) is 3.43. The maximum Gasteiger partial charge on any atom is 0.0934 e. The Kier molecular flexibility index (Phi) is 4.03. The van der Waals surface area contributed by atoms with E-state index in [9.17, 15) is 0 Å². The zero-order chi connectivity index (χ0) is 9.68. The molecule has 0 aliphatic heterocycles. The monoisotopic (exact) mass is 181 g/mol. The average molecular weight is 181 g/mol. The van der Waals surface area contributed by atoms with Gasteiger partial charge in [-0.3, -0.25) is 0 Å². The number of hydrogen-bond acceptors (Lipinski definition) is 2. The van der Waals surface area contributed by atoms with Gasteiger partial charge in [0.05, 0.1) is 12.5 Å². The molecule has 0 amide bonds. The highest BCUT2D eigenvalue weighted by Gasteiger charge is 2.11. The summed E-state index contributed by atoms with van der Waals surface area (Å²) >= 11 is 0. The van der Waals surface area contributed by atoms with E-state index in [0.717, 1.165) is 13.0 Å². The summed E-state index contributed by atoms with van der Waals surface area (Å²) in [6, 6.07) is 2.61. The molecule has 1 rings (SSSR count). The maximum absolute atomic E-state index is 5.03. The minimum absolute atomic E-state index is 0.569. The van der Waals surface area contributed by atoms with Gasteiger partial charge in [-0.2, -0.15) is 0 Å². The van der Waals surface area contributed by atoms with Crippen LogP contribution in [0, 0.1) is 5.92 Å². The van der Waals surface area contributed by atoms with Crippen LogP contribution in [-0.2, 0) is 6.42 Å². The van der Waals surface area contributed by atoms with E-state index in [1.807, 2.05) is 12.3 Å². The third-order valence-corrected chi connectivity index (χ3v) is 2.52. The number of furan rings is 1. The summed E-state index contributed by atoms with van der Waals surface area (Å²) < 4.78 is 5.03. The van der Waals surface area contributed by atoms with Crippen LogP contribution >= 0.6 is 0 Å². The fourth-order valence-corrected chi connectivity index (χ4v) is 1.48. The Labute approximate surface area is 80.3 Å². The summed E-state index contributed by atoms with van der Waals surface area (Å²) in [5.74, 6) is 0.651. The smallest absolute Gasteiger partial charge is 0.0934 e. The van der Waals surface area contributed by atoms with Gasteiger partial charge in [-0.1, -0.05) is 13.8 Å². The Morgan fingerprint density at radius 1 is 1.46 bits per heavy atom. The van der Waals surface area contributed by atoms with Crippen molar-refractivity contribution >= 4 is 0 Å². The number of nitrogens with one attached hydrogen (secondary N) is 1. The highest BCUT2D eigenvalue weighted by atomic mass is 16.3. The molecule has 2 heteroatoms. The van der Waals surface area contributed by atoms with Crippen LogP contribution in [0.4, 0.5) is 0 Å². The molecule has 0 spiro atoms. The molecule has 0 fully saturated rings. The normalized spacial score (nSPS) is 15.6.